The average Bonchev–Trinajstić information content (AvgIpc) is 3.23. The predicted molar refractivity (Wildman–Crippen MR) is 71.5 cm³/mol. The molecule has 0 amide bonds. The van der Waals surface area contributed by atoms with Crippen LogP contribution in [0.5, 0.6) is 5.75 Å². The minimum absolute atomic E-state index is 0.708. The van der Waals surface area contributed by atoms with Crippen molar-refractivity contribution in [3.8, 4) is 11.8 Å². The van der Waals surface area contributed by atoms with E-state index in [-0.39, 0.29) is 0 Å². The zero-order chi connectivity index (χ0) is 12.4. The van der Waals surface area contributed by atoms with Crippen LogP contribution in [0.1, 0.15) is 24.8 Å². The van der Waals surface area contributed by atoms with Gasteiger partial charge in [0.1, 0.15) is 5.75 Å². The van der Waals surface area contributed by atoms with Crippen molar-refractivity contribution in [1.29, 1.82) is 5.26 Å². The highest BCUT2D eigenvalue weighted by molar-refractivity contribution is 5.92. The zero-order valence-corrected chi connectivity index (χ0v) is 10.2. The molecule has 0 spiro atoms. The fraction of sp³-hybridized carbons (Fsp3) is 0.312. The SMILES string of the molecule is N#Cc1ccc(OCCC2CC2)c2ccccc12. The molecular weight excluding hydrogens is 222 g/mol. The topological polar surface area (TPSA) is 33.0 Å². The minimum atomic E-state index is 0.708. The summed E-state index contributed by atoms with van der Waals surface area (Å²) < 4.78 is 5.86. The maximum absolute atomic E-state index is 9.09. The van der Waals surface area contributed by atoms with Gasteiger partial charge in [-0.1, -0.05) is 37.1 Å². The van der Waals surface area contributed by atoms with E-state index in [2.05, 4.69) is 6.07 Å². The highest BCUT2D eigenvalue weighted by Gasteiger charge is 2.20. The van der Waals surface area contributed by atoms with Crippen LogP contribution >= 0.6 is 0 Å². The lowest BCUT2D eigenvalue weighted by Gasteiger charge is -2.09. The van der Waals surface area contributed by atoms with Gasteiger partial charge in [-0.2, -0.15) is 5.26 Å². The molecule has 0 aliphatic heterocycles. The minimum Gasteiger partial charge on any atom is -0.493 e. The molecule has 0 unspecified atom stereocenters. The first-order chi connectivity index (χ1) is 8.88. The van der Waals surface area contributed by atoms with Crippen molar-refractivity contribution < 1.29 is 4.74 Å². The molecule has 2 aromatic rings. The van der Waals surface area contributed by atoms with Crippen molar-refractivity contribution in [3.05, 3.63) is 42.0 Å². The van der Waals surface area contributed by atoms with Crippen molar-refractivity contribution in [1.82, 2.24) is 0 Å². The van der Waals surface area contributed by atoms with Crippen LogP contribution in [0.25, 0.3) is 10.8 Å². The Balaban J connectivity index is 1.89. The van der Waals surface area contributed by atoms with E-state index in [9.17, 15) is 0 Å². The normalized spacial score (nSPS) is 14.4. The van der Waals surface area contributed by atoms with Gasteiger partial charge >= 0.3 is 0 Å². The van der Waals surface area contributed by atoms with Gasteiger partial charge in [-0.3, -0.25) is 0 Å². The number of fused-ring (bicyclic) bond motifs is 1. The van der Waals surface area contributed by atoms with Crippen molar-refractivity contribution in [3.63, 3.8) is 0 Å². The first kappa shape index (κ1) is 11.1. The van der Waals surface area contributed by atoms with Crippen molar-refractivity contribution >= 4 is 10.8 Å². The molecule has 1 saturated carbocycles. The van der Waals surface area contributed by atoms with Crippen LogP contribution in [0, 0.1) is 17.2 Å². The van der Waals surface area contributed by atoms with Crippen LogP contribution in [0.15, 0.2) is 36.4 Å². The van der Waals surface area contributed by atoms with Gasteiger partial charge in [-0.15, -0.1) is 0 Å². The Morgan fingerprint density at radius 1 is 1.11 bits per heavy atom. The third kappa shape index (κ3) is 2.17. The maximum Gasteiger partial charge on any atom is 0.127 e. The van der Waals surface area contributed by atoms with E-state index in [0.717, 1.165) is 35.5 Å². The van der Waals surface area contributed by atoms with Gasteiger partial charge in [0, 0.05) is 10.8 Å². The smallest absolute Gasteiger partial charge is 0.127 e. The van der Waals surface area contributed by atoms with Crippen molar-refractivity contribution in [2.45, 2.75) is 19.3 Å². The van der Waals surface area contributed by atoms with Crippen LogP contribution in [0.3, 0.4) is 0 Å². The summed E-state index contributed by atoms with van der Waals surface area (Å²) in [5, 5.41) is 11.1. The third-order valence-electron chi connectivity index (χ3n) is 3.49. The first-order valence-electron chi connectivity index (χ1n) is 6.43. The monoisotopic (exact) mass is 237 g/mol. The Labute approximate surface area is 107 Å². The second kappa shape index (κ2) is 4.70. The number of nitrogens with zero attached hydrogens (tertiary/aromatic N) is 1. The van der Waals surface area contributed by atoms with Gasteiger partial charge in [0.05, 0.1) is 18.2 Å². The number of hydrogen-bond donors (Lipinski definition) is 0. The molecule has 3 rings (SSSR count). The van der Waals surface area contributed by atoms with Crippen LogP contribution in [-0.4, -0.2) is 6.61 Å². The molecule has 1 aliphatic carbocycles. The number of hydrogen-bond acceptors (Lipinski definition) is 2. The summed E-state index contributed by atoms with van der Waals surface area (Å²) in [6.07, 6.45) is 3.86. The molecule has 90 valence electrons. The lowest BCUT2D eigenvalue weighted by Crippen LogP contribution is -1.99. The molecule has 2 heteroatoms. The Hall–Kier alpha value is -2.01. The lowest BCUT2D eigenvalue weighted by atomic mass is 10.0. The maximum atomic E-state index is 9.09. The van der Waals surface area contributed by atoms with Gasteiger partial charge in [-0.25, -0.2) is 0 Å². The van der Waals surface area contributed by atoms with E-state index in [1.54, 1.807) is 0 Å². The summed E-state index contributed by atoms with van der Waals surface area (Å²) in [5.41, 5.74) is 0.708. The van der Waals surface area contributed by atoms with E-state index in [4.69, 9.17) is 10.00 Å². The van der Waals surface area contributed by atoms with E-state index >= 15 is 0 Å². The standard InChI is InChI=1S/C16H15NO/c17-11-13-7-8-16(18-10-9-12-5-6-12)15-4-2-1-3-14(13)15/h1-4,7-8,12H,5-6,9-10H2. The van der Waals surface area contributed by atoms with E-state index in [1.165, 1.54) is 12.8 Å². The molecular formula is C16H15NO. The van der Waals surface area contributed by atoms with Gasteiger partial charge in [-0.05, 0) is 24.5 Å². The van der Waals surface area contributed by atoms with Gasteiger partial charge in [0.2, 0.25) is 0 Å². The largest absolute Gasteiger partial charge is 0.493 e. The Bertz CT molecular complexity index is 608. The molecule has 0 atom stereocenters. The molecule has 2 nitrogen and oxygen atoms in total. The lowest BCUT2D eigenvalue weighted by molar-refractivity contribution is 0.306. The summed E-state index contributed by atoms with van der Waals surface area (Å²) >= 11 is 0. The van der Waals surface area contributed by atoms with Crippen LogP contribution < -0.4 is 4.74 Å². The van der Waals surface area contributed by atoms with E-state index in [1.807, 2.05) is 36.4 Å². The summed E-state index contributed by atoms with van der Waals surface area (Å²) in [6.45, 7) is 0.778. The van der Waals surface area contributed by atoms with Crippen LogP contribution in [0.2, 0.25) is 0 Å². The highest BCUT2D eigenvalue weighted by atomic mass is 16.5. The summed E-state index contributed by atoms with van der Waals surface area (Å²) in [5.74, 6) is 1.78. The number of ether oxygens (including phenoxy) is 1. The number of nitriles is 1. The predicted octanol–water partition coefficient (Wildman–Crippen LogP) is 3.89. The second-order valence-corrected chi connectivity index (χ2v) is 4.85. The average molecular weight is 237 g/mol. The van der Waals surface area contributed by atoms with Crippen LogP contribution in [0.4, 0.5) is 0 Å². The Kier molecular flexibility index (Phi) is 2.90. The van der Waals surface area contributed by atoms with E-state index in [0.29, 0.717) is 5.56 Å². The highest BCUT2D eigenvalue weighted by Crippen LogP contribution is 2.33. The molecule has 0 N–H and O–H groups in total. The number of benzene rings is 2. The van der Waals surface area contributed by atoms with E-state index < -0.39 is 0 Å². The first-order valence-corrected chi connectivity index (χ1v) is 6.43. The quantitative estimate of drug-likeness (QED) is 0.808. The Morgan fingerprint density at radius 2 is 1.89 bits per heavy atom. The van der Waals surface area contributed by atoms with Crippen LogP contribution in [-0.2, 0) is 0 Å². The third-order valence-corrected chi connectivity index (χ3v) is 3.49. The zero-order valence-electron chi connectivity index (χ0n) is 10.2. The fourth-order valence-corrected chi connectivity index (χ4v) is 2.24. The second-order valence-electron chi connectivity index (χ2n) is 4.85. The van der Waals surface area contributed by atoms with Gasteiger partial charge in [0.15, 0.2) is 0 Å². The molecule has 0 radical (unpaired) electrons. The van der Waals surface area contributed by atoms with Crippen molar-refractivity contribution in [2.24, 2.45) is 5.92 Å². The summed E-state index contributed by atoms with van der Waals surface area (Å²) in [7, 11) is 0. The molecule has 0 saturated heterocycles. The Morgan fingerprint density at radius 3 is 2.61 bits per heavy atom. The number of rotatable bonds is 4. The summed E-state index contributed by atoms with van der Waals surface area (Å²) in [6, 6.07) is 13.9. The molecule has 1 fully saturated rings. The molecule has 18 heavy (non-hydrogen) atoms. The molecule has 0 heterocycles. The van der Waals surface area contributed by atoms with Crippen molar-refractivity contribution in [2.75, 3.05) is 6.61 Å². The molecule has 0 aromatic heterocycles. The van der Waals surface area contributed by atoms with Gasteiger partial charge < -0.3 is 4.74 Å². The molecule has 0 bridgehead atoms. The molecule has 1 aliphatic rings. The fourth-order valence-electron chi connectivity index (χ4n) is 2.24. The molecule has 2 aromatic carbocycles. The van der Waals surface area contributed by atoms with Gasteiger partial charge in [0.25, 0.3) is 0 Å². The summed E-state index contributed by atoms with van der Waals surface area (Å²) in [4.78, 5) is 0.